The summed E-state index contributed by atoms with van der Waals surface area (Å²) in [4.78, 5) is 0. The van der Waals surface area contributed by atoms with Crippen LogP contribution in [0.15, 0.2) is 6.20 Å². The number of rotatable bonds is 8. The molecule has 8 heteroatoms. The molecule has 4 bridgehead atoms. The van der Waals surface area contributed by atoms with Gasteiger partial charge in [-0.05, 0) is 108 Å². The molecule has 0 N–H and O–H groups in total. The van der Waals surface area contributed by atoms with E-state index < -0.39 is 8.32 Å². The van der Waals surface area contributed by atoms with Gasteiger partial charge in [-0.15, -0.1) is 0 Å². The molecule has 2 unspecified atom stereocenters. The summed E-state index contributed by atoms with van der Waals surface area (Å²) in [6.45, 7) is 29.6. The Morgan fingerprint density at radius 3 is 2.00 bits per heavy atom. The van der Waals surface area contributed by atoms with Crippen molar-refractivity contribution in [2.24, 2.45) is 16.2 Å². The molecule has 4 saturated carbocycles. The SMILES string of the molecule is Cc1c(B2OC(C)(C)C(C)(C)O2)cnn1CC12CC3(C)CC(C)(C1)CC(OCCO[Si](C)(C)C(C)(C)C)(C3)C2. The summed E-state index contributed by atoms with van der Waals surface area (Å²) >= 11 is 0. The van der Waals surface area contributed by atoms with Gasteiger partial charge in [-0.2, -0.15) is 5.10 Å². The van der Waals surface area contributed by atoms with Crippen molar-refractivity contribution in [1.29, 1.82) is 0 Å². The van der Waals surface area contributed by atoms with Crippen molar-refractivity contribution in [3.63, 3.8) is 0 Å². The molecule has 0 spiro atoms. The highest BCUT2D eigenvalue weighted by molar-refractivity contribution is 6.74. The summed E-state index contributed by atoms with van der Waals surface area (Å²) in [5, 5.41) is 5.15. The maximum absolute atomic E-state index is 6.93. The predicted molar refractivity (Wildman–Crippen MR) is 161 cm³/mol. The van der Waals surface area contributed by atoms with E-state index in [2.05, 4.69) is 87.0 Å². The number of hydrogen-bond donors (Lipinski definition) is 0. The largest absolute Gasteiger partial charge is 0.498 e. The third-order valence-corrected chi connectivity index (χ3v) is 16.1. The molecule has 1 saturated heterocycles. The second-order valence-electron chi connectivity index (χ2n) is 17.3. The van der Waals surface area contributed by atoms with Crippen LogP contribution in [-0.4, -0.2) is 55.2 Å². The van der Waals surface area contributed by atoms with Gasteiger partial charge in [-0.3, -0.25) is 4.68 Å². The van der Waals surface area contributed by atoms with Gasteiger partial charge < -0.3 is 18.5 Å². The van der Waals surface area contributed by atoms with Gasteiger partial charge in [0.05, 0.1) is 30.0 Å². The molecule has 5 aliphatic rings. The zero-order valence-electron chi connectivity index (χ0n) is 27.0. The van der Waals surface area contributed by atoms with Crippen molar-refractivity contribution in [2.45, 2.75) is 149 Å². The van der Waals surface area contributed by atoms with Gasteiger partial charge in [0.15, 0.2) is 8.32 Å². The number of ether oxygens (including phenoxy) is 1. The second kappa shape index (κ2) is 8.92. The minimum absolute atomic E-state index is 0.0509. The first-order valence-corrected chi connectivity index (χ1v) is 18.2. The first-order valence-electron chi connectivity index (χ1n) is 15.3. The second-order valence-corrected chi connectivity index (χ2v) is 22.1. The monoisotopic (exact) mass is 558 g/mol. The van der Waals surface area contributed by atoms with E-state index in [9.17, 15) is 0 Å². The van der Waals surface area contributed by atoms with Crippen LogP contribution in [0.3, 0.4) is 0 Å². The van der Waals surface area contributed by atoms with E-state index in [0.29, 0.717) is 24.0 Å². The first-order chi connectivity index (χ1) is 17.6. The molecule has 5 fully saturated rings. The number of nitrogens with zero attached hydrogens (tertiary/aromatic N) is 2. The lowest BCUT2D eigenvalue weighted by Gasteiger charge is -2.69. The van der Waals surface area contributed by atoms with Crippen LogP contribution in [0.5, 0.6) is 0 Å². The summed E-state index contributed by atoms with van der Waals surface area (Å²) in [5.74, 6) is 0. The lowest BCUT2D eigenvalue weighted by molar-refractivity contribution is -0.249. The Morgan fingerprint density at radius 2 is 1.46 bits per heavy atom. The standard InChI is InChI=1S/C31H55BN2O4Si/c1-23-24(32-37-26(5,6)27(7,8)38-32)15-33-34(23)22-30-17-28(9)16-29(10,18-30)20-31(19-28,21-30)35-13-14-36-39(11,12)25(2,3)4/h15H,13-14,16-22H2,1-12H3. The Kier molecular flexibility index (Phi) is 6.82. The lowest BCUT2D eigenvalue weighted by atomic mass is 9.39. The molecule has 1 aliphatic heterocycles. The van der Waals surface area contributed by atoms with Crippen molar-refractivity contribution in [3.05, 3.63) is 11.9 Å². The molecule has 2 heterocycles. The minimum Gasteiger partial charge on any atom is -0.414 e. The van der Waals surface area contributed by atoms with Crippen LogP contribution in [0.2, 0.25) is 18.1 Å². The van der Waals surface area contributed by atoms with Gasteiger partial charge >= 0.3 is 7.12 Å². The highest BCUT2D eigenvalue weighted by Gasteiger charge is 2.66. The predicted octanol–water partition coefficient (Wildman–Crippen LogP) is 6.65. The zero-order chi connectivity index (χ0) is 28.9. The molecule has 1 aromatic heterocycles. The fraction of sp³-hybridized carbons (Fsp3) is 0.903. The van der Waals surface area contributed by atoms with Gasteiger partial charge in [-0.1, -0.05) is 34.6 Å². The Balaban J connectivity index is 1.33. The van der Waals surface area contributed by atoms with Crippen LogP contribution >= 0.6 is 0 Å². The van der Waals surface area contributed by atoms with Crippen LogP contribution < -0.4 is 5.46 Å². The van der Waals surface area contributed by atoms with E-state index in [-0.39, 0.29) is 34.4 Å². The summed E-state index contributed by atoms with van der Waals surface area (Å²) in [5.41, 5.74) is 2.30. The smallest absolute Gasteiger partial charge is 0.414 e. The number of aromatic nitrogens is 2. The van der Waals surface area contributed by atoms with Gasteiger partial charge in [0.25, 0.3) is 0 Å². The lowest BCUT2D eigenvalue weighted by Crippen LogP contribution is -2.64. The molecule has 0 amide bonds. The number of hydrogen-bond acceptors (Lipinski definition) is 5. The van der Waals surface area contributed by atoms with E-state index >= 15 is 0 Å². The average Bonchev–Trinajstić information content (AvgIpc) is 3.16. The van der Waals surface area contributed by atoms with Crippen LogP contribution in [0.25, 0.3) is 0 Å². The quantitative estimate of drug-likeness (QED) is 0.264. The van der Waals surface area contributed by atoms with Gasteiger partial charge in [-0.25, -0.2) is 0 Å². The van der Waals surface area contributed by atoms with E-state index in [1.165, 1.54) is 32.1 Å². The fourth-order valence-electron chi connectivity index (χ4n) is 9.06. The Bertz CT molecular complexity index is 1070. The van der Waals surface area contributed by atoms with Crippen molar-refractivity contribution in [2.75, 3.05) is 13.2 Å². The van der Waals surface area contributed by atoms with E-state index in [1.807, 2.05) is 6.20 Å². The Hall–Kier alpha value is -0.668. The van der Waals surface area contributed by atoms with Crippen molar-refractivity contribution >= 4 is 20.9 Å². The average molecular weight is 559 g/mol. The van der Waals surface area contributed by atoms with Crippen LogP contribution in [-0.2, 0) is 25.0 Å². The fourth-order valence-corrected chi connectivity index (χ4v) is 10.1. The van der Waals surface area contributed by atoms with Crippen molar-refractivity contribution in [1.82, 2.24) is 9.78 Å². The maximum Gasteiger partial charge on any atom is 0.498 e. The normalized spacial score (nSPS) is 37.2. The van der Waals surface area contributed by atoms with E-state index in [4.69, 9.17) is 23.6 Å². The zero-order valence-corrected chi connectivity index (χ0v) is 28.0. The van der Waals surface area contributed by atoms with Crippen molar-refractivity contribution < 1.29 is 18.5 Å². The molecule has 4 aliphatic carbocycles. The van der Waals surface area contributed by atoms with E-state index in [1.54, 1.807) is 0 Å². The third kappa shape index (κ3) is 5.24. The molecule has 6 rings (SSSR count). The molecular formula is C31H55BN2O4Si. The highest BCUT2D eigenvalue weighted by Crippen LogP contribution is 2.72. The Morgan fingerprint density at radius 1 is 0.897 bits per heavy atom. The maximum atomic E-state index is 6.93. The van der Waals surface area contributed by atoms with Crippen LogP contribution in [0, 0.1) is 23.2 Å². The molecule has 1 aromatic rings. The molecule has 39 heavy (non-hydrogen) atoms. The Labute approximate surface area is 239 Å². The van der Waals surface area contributed by atoms with Crippen LogP contribution in [0.1, 0.15) is 107 Å². The van der Waals surface area contributed by atoms with Gasteiger partial charge in [0, 0.05) is 23.9 Å². The highest BCUT2D eigenvalue weighted by atomic mass is 28.4. The summed E-state index contributed by atoms with van der Waals surface area (Å²) in [6.07, 6.45) is 9.27. The third-order valence-electron chi connectivity index (χ3n) is 11.5. The van der Waals surface area contributed by atoms with E-state index in [0.717, 1.165) is 24.1 Å². The molecule has 220 valence electrons. The molecular weight excluding hydrogens is 503 g/mol. The van der Waals surface area contributed by atoms with Crippen molar-refractivity contribution in [3.8, 4) is 0 Å². The first kappa shape index (κ1) is 29.8. The summed E-state index contributed by atoms with van der Waals surface area (Å²) in [6, 6.07) is 0. The molecule has 0 aromatic carbocycles. The molecule has 6 nitrogen and oxygen atoms in total. The van der Waals surface area contributed by atoms with Gasteiger partial charge in [0.2, 0.25) is 0 Å². The molecule has 2 atom stereocenters. The minimum atomic E-state index is -1.77. The topological polar surface area (TPSA) is 54.7 Å². The summed E-state index contributed by atoms with van der Waals surface area (Å²) < 4.78 is 28.4. The summed E-state index contributed by atoms with van der Waals surface area (Å²) in [7, 11) is -2.14. The van der Waals surface area contributed by atoms with Gasteiger partial charge in [0.1, 0.15) is 0 Å². The van der Waals surface area contributed by atoms with Crippen LogP contribution in [0.4, 0.5) is 0 Å². The molecule has 0 radical (unpaired) electrons.